The second kappa shape index (κ2) is 7.68. The van der Waals surface area contributed by atoms with E-state index in [9.17, 15) is 0 Å². The molecule has 3 aromatic heterocycles. The number of hydrogen-bond donors (Lipinski definition) is 1. The lowest BCUT2D eigenvalue weighted by Crippen LogP contribution is -2.60. The Kier molecular flexibility index (Phi) is 4.45. The third-order valence-corrected chi connectivity index (χ3v) is 8.14. The van der Waals surface area contributed by atoms with Crippen LogP contribution < -0.4 is 10.1 Å². The normalized spacial score (nSPS) is 20.0. The Morgan fingerprint density at radius 1 is 0.919 bits per heavy atom. The Hall–Kier alpha value is -3.65. The van der Waals surface area contributed by atoms with Gasteiger partial charge in [-0.15, -0.1) is 0 Å². The average Bonchev–Trinajstić information content (AvgIpc) is 3.52. The van der Waals surface area contributed by atoms with Crippen molar-refractivity contribution in [1.82, 2.24) is 14.8 Å². The fourth-order valence-electron chi connectivity index (χ4n) is 6.07. The summed E-state index contributed by atoms with van der Waals surface area (Å²) < 4.78 is 16.0. The van der Waals surface area contributed by atoms with Crippen molar-refractivity contribution in [2.45, 2.75) is 42.9 Å². The van der Waals surface area contributed by atoms with Crippen molar-refractivity contribution in [3.8, 4) is 16.8 Å². The highest BCUT2D eigenvalue weighted by atomic mass is 16.7. The smallest absolute Gasteiger partial charge is 0.286 e. The van der Waals surface area contributed by atoms with Crippen LogP contribution >= 0.6 is 0 Å². The Morgan fingerprint density at radius 3 is 2.41 bits per heavy atom. The van der Waals surface area contributed by atoms with E-state index < -0.39 is 11.3 Å². The monoisotopic (exact) mass is 490 g/mol. The maximum atomic E-state index is 6.76. The predicted molar refractivity (Wildman–Crippen MR) is 139 cm³/mol. The Balaban J connectivity index is 1.25. The van der Waals surface area contributed by atoms with E-state index in [1.165, 1.54) is 12.8 Å². The molecule has 2 aliphatic carbocycles. The molecule has 5 aromatic rings. The second-order valence-corrected chi connectivity index (χ2v) is 10.7. The van der Waals surface area contributed by atoms with Crippen LogP contribution in [0.15, 0.2) is 79.1 Å². The summed E-state index contributed by atoms with van der Waals surface area (Å²) in [5, 5.41) is 6.22. The first-order chi connectivity index (χ1) is 18.1. The van der Waals surface area contributed by atoms with E-state index in [0.29, 0.717) is 32.0 Å². The summed E-state index contributed by atoms with van der Waals surface area (Å²) in [4.78, 5) is 4.82. The quantitative estimate of drug-likeness (QED) is 0.378. The topological polar surface area (TPSA) is 79.3 Å². The number of benzene rings is 2. The van der Waals surface area contributed by atoms with E-state index in [2.05, 4.69) is 75.9 Å². The zero-order valence-corrected chi connectivity index (χ0v) is 20.5. The van der Waals surface area contributed by atoms with Crippen molar-refractivity contribution in [2.75, 3.05) is 13.2 Å². The zero-order chi connectivity index (χ0) is 24.6. The molecular weight excluding hydrogens is 462 g/mol. The number of rotatable bonds is 4. The second-order valence-electron chi connectivity index (χ2n) is 10.7. The summed E-state index contributed by atoms with van der Waals surface area (Å²) in [5.74, 6) is 1.13. The van der Waals surface area contributed by atoms with Gasteiger partial charge in [-0.05, 0) is 48.2 Å². The molecule has 0 bridgehead atoms. The van der Waals surface area contributed by atoms with E-state index in [0.717, 1.165) is 44.8 Å². The van der Waals surface area contributed by atoms with Gasteiger partial charge in [0.25, 0.3) is 11.5 Å². The van der Waals surface area contributed by atoms with Crippen LogP contribution in [0.1, 0.15) is 43.0 Å². The third-order valence-electron chi connectivity index (χ3n) is 8.14. The van der Waals surface area contributed by atoms with Crippen LogP contribution in [0, 0.1) is 0 Å². The fraction of sp³-hybridized carbons (Fsp3) is 0.300. The van der Waals surface area contributed by atoms with Crippen molar-refractivity contribution < 1.29 is 13.9 Å². The van der Waals surface area contributed by atoms with Gasteiger partial charge in [0.2, 0.25) is 0 Å². The van der Waals surface area contributed by atoms with Gasteiger partial charge in [-0.3, -0.25) is 4.98 Å². The van der Waals surface area contributed by atoms with Crippen molar-refractivity contribution in [1.29, 1.82) is 0 Å². The molecule has 3 fully saturated rings. The molecule has 7 nitrogen and oxygen atoms in total. The molecule has 0 amide bonds. The third kappa shape index (κ3) is 3.35. The summed E-state index contributed by atoms with van der Waals surface area (Å²) in [7, 11) is 0. The summed E-state index contributed by atoms with van der Waals surface area (Å²) in [6, 6.07) is 23.2. The Morgan fingerprint density at radius 2 is 1.68 bits per heavy atom. The number of ether oxygens (including phenoxy) is 2. The molecular formula is C30H28N5O2+. The van der Waals surface area contributed by atoms with Gasteiger partial charge in [-0.2, -0.15) is 4.40 Å². The molecule has 0 atom stereocenters. The summed E-state index contributed by atoms with van der Waals surface area (Å²) in [5.41, 5.74) is 12.7. The van der Waals surface area contributed by atoms with E-state index in [1.807, 2.05) is 12.3 Å². The van der Waals surface area contributed by atoms with E-state index in [-0.39, 0.29) is 0 Å². The number of fused-ring (bicyclic) bond motifs is 3. The van der Waals surface area contributed by atoms with Crippen LogP contribution in [-0.2, 0) is 15.0 Å². The lowest BCUT2D eigenvalue weighted by Gasteiger charge is -2.50. The van der Waals surface area contributed by atoms with Gasteiger partial charge < -0.3 is 15.2 Å². The molecule has 1 aliphatic heterocycles. The maximum absolute atomic E-state index is 6.76. The summed E-state index contributed by atoms with van der Waals surface area (Å²) in [6.45, 7) is 1.30. The number of hydrogen-bond acceptors (Lipinski definition) is 5. The first kappa shape index (κ1) is 21.4. The van der Waals surface area contributed by atoms with Crippen LogP contribution in [0.3, 0.4) is 0 Å². The largest absolute Gasteiger partial charge is 0.347 e. The molecule has 0 radical (unpaired) electrons. The highest BCUT2D eigenvalue weighted by molar-refractivity contribution is 5.92. The molecule has 2 saturated carbocycles. The van der Waals surface area contributed by atoms with Crippen LogP contribution in [0.4, 0.5) is 0 Å². The molecule has 2 N–H and O–H groups in total. The Bertz CT molecular complexity index is 1640. The number of nitrogens with zero attached hydrogens (tertiary/aromatic N) is 4. The van der Waals surface area contributed by atoms with Crippen molar-refractivity contribution in [3.05, 3.63) is 90.5 Å². The van der Waals surface area contributed by atoms with Gasteiger partial charge in [-0.1, -0.05) is 47.1 Å². The zero-order valence-electron chi connectivity index (χ0n) is 20.5. The molecule has 2 aromatic carbocycles. The molecule has 3 aliphatic rings. The SMILES string of the molecule is NC1(c2ccc(-n3nc(C4CC4)[n+]4ccc5ncc(-c6ccccc6)cc5c34)cc2)CC2(C1)OCCO2. The van der Waals surface area contributed by atoms with Crippen LogP contribution in [0.5, 0.6) is 0 Å². The van der Waals surface area contributed by atoms with Crippen molar-refractivity contribution in [2.24, 2.45) is 5.73 Å². The van der Waals surface area contributed by atoms with Crippen LogP contribution in [0.25, 0.3) is 33.4 Å². The highest BCUT2D eigenvalue weighted by Crippen LogP contribution is 2.51. The maximum Gasteiger partial charge on any atom is 0.286 e. The molecule has 7 heteroatoms. The van der Waals surface area contributed by atoms with E-state index in [1.54, 1.807) is 0 Å². The lowest BCUT2D eigenvalue weighted by molar-refractivity contribution is -0.521. The van der Waals surface area contributed by atoms with Crippen molar-refractivity contribution in [3.63, 3.8) is 0 Å². The van der Waals surface area contributed by atoms with Crippen LogP contribution in [0.2, 0.25) is 0 Å². The summed E-state index contributed by atoms with van der Waals surface area (Å²) >= 11 is 0. The average molecular weight is 491 g/mol. The van der Waals surface area contributed by atoms with Crippen LogP contribution in [-0.4, -0.2) is 33.8 Å². The van der Waals surface area contributed by atoms with E-state index in [4.69, 9.17) is 25.3 Å². The number of aromatic nitrogens is 4. The molecule has 37 heavy (non-hydrogen) atoms. The van der Waals surface area contributed by atoms with Gasteiger partial charge in [0, 0.05) is 29.7 Å². The first-order valence-corrected chi connectivity index (χ1v) is 13.1. The number of pyridine rings is 2. The minimum Gasteiger partial charge on any atom is -0.347 e. The molecule has 4 heterocycles. The van der Waals surface area contributed by atoms with Gasteiger partial charge >= 0.3 is 0 Å². The molecule has 8 rings (SSSR count). The molecule has 1 spiro atoms. The molecule has 184 valence electrons. The first-order valence-electron chi connectivity index (χ1n) is 13.1. The predicted octanol–water partition coefficient (Wildman–Crippen LogP) is 4.39. The standard InChI is InChI=1S/C30H28N5O2/c31-29(18-30(19-29)36-14-15-37-30)23-8-10-24(11-9-23)35-28-25-16-22(20-4-2-1-3-5-20)17-32-26(25)12-13-34(28)27(33-35)21-6-7-21/h1-5,8-13,16-17,21H,6-7,14-15,18-19,31H2/q+1. The van der Waals surface area contributed by atoms with Gasteiger partial charge in [0.05, 0.1) is 41.8 Å². The van der Waals surface area contributed by atoms with Gasteiger partial charge in [0.15, 0.2) is 5.79 Å². The van der Waals surface area contributed by atoms with Gasteiger partial charge in [-0.25, -0.2) is 0 Å². The minimum absolute atomic E-state index is 0.426. The highest BCUT2D eigenvalue weighted by Gasteiger charge is 2.57. The summed E-state index contributed by atoms with van der Waals surface area (Å²) in [6.07, 6.45) is 7.80. The lowest BCUT2D eigenvalue weighted by atomic mass is 9.68. The van der Waals surface area contributed by atoms with Gasteiger partial charge in [0.1, 0.15) is 5.69 Å². The van der Waals surface area contributed by atoms with Crippen molar-refractivity contribution >= 4 is 16.6 Å². The Labute approximate surface area is 214 Å². The minimum atomic E-state index is -0.482. The fourth-order valence-corrected chi connectivity index (χ4v) is 6.07. The number of nitrogens with two attached hydrogens (primary N) is 1. The molecule has 0 unspecified atom stereocenters. The molecule has 1 saturated heterocycles. The van der Waals surface area contributed by atoms with E-state index >= 15 is 0 Å².